The lowest BCUT2D eigenvalue weighted by Crippen LogP contribution is -2.12. The van der Waals surface area contributed by atoms with Crippen molar-refractivity contribution < 1.29 is 0 Å². The maximum absolute atomic E-state index is 5.24. The number of rotatable bonds is 8. The van der Waals surface area contributed by atoms with Crippen molar-refractivity contribution in [1.82, 2.24) is 4.98 Å². The molecule has 0 atom stereocenters. The molecular weight excluding hydrogens is 646 g/mol. The van der Waals surface area contributed by atoms with Crippen LogP contribution in [0.5, 0.6) is 0 Å². The highest BCUT2D eigenvalue weighted by atomic mass is 79.9. The van der Waals surface area contributed by atoms with Crippen molar-refractivity contribution in [1.29, 1.82) is 0 Å². The molecule has 0 radical (unpaired) electrons. The van der Waals surface area contributed by atoms with E-state index in [9.17, 15) is 0 Å². The molecule has 0 spiro atoms. The minimum atomic E-state index is 0.783. The van der Waals surface area contributed by atoms with E-state index in [0.29, 0.717) is 0 Å². The summed E-state index contributed by atoms with van der Waals surface area (Å²) in [6, 6.07) is 35.3. The van der Waals surface area contributed by atoms with E-state index in [4.69, 9.17) is 15.0 Å². The lowest BCUT2D eigenvalue weighted by molar-refractivity contribution is 1.12. The average molecular weight is 680 g/mol. The van der Waals surface area contributed by atoms with Gasteiger partial charge < -0.3 is 0 Å². The van der Waals surface area contributed by atoms with Crippen LogP contribution < -0.4 is 0 Å². The van der Waals surface area contributed by atoms with Crippen molar-refractivity contribution >= 4 is 54.7 Å². The van der Waals surface area contributed by atoms with Gasteiger partial charge in [0, 0.05) is 20.1 Å². The number of hydrogen-bond acceptors (Lipinski definition) is 3. The highest BCUT2D eigenvalue weighted by Gasteiger charge is 2.17. The van der Waals surface area contributed by atoms with Crippen molar-refractivity contribution in [2.75, 3.05) is 0 Å². The Morgan fingerprint density at radius 3 is 1.33 bits per heavy atom. The minimum Gasteiger partial charge on any atom is -0.245 e. The standard InChI is InChI=1S/C37H33Br2N3/c1-5-26-20-24(3)34(30(38)22-26)41-36(28-14-9-7-10-15-28)32-18-13-19-33(40-32)37(29-16-11-8-12-17-29)42-35-25(4)21-27(6-2)23-31(35)39/h7-23H,5-6H2,1-4H3/b41-36+,42-37+. The Morgan fingerprint density at radius 2 is 0.976 bits per heavy atom. The number of aliphatic imine (C=N–C) groups is 2. The van der Waals surface area contributed by atoms with E-state index in [-0.39, 0.29) is 0 Å². The third kappa shape index (κ3) is 6.69. The molecule has 0 fully saturated rings. The van der Waals surface area contributed by atoms with E-state index in [1.165, 1.54) is 11.1 Å². The highest BCUT2D eigenvalue weighted by molar-refractivity contribution is 9.11. The molecule has 0 amide bonds. The van der Waals surface area contributed by atoms with Crippen molar-refractivity contribution in [2.45, 2.75) is 40.5 Å². The first-order chi connectivity index (χ1) is 20.4. The van der Waals surface area contributed by atoms with Gasteiger partial charge >= 0.3 is 0 Å². The second-order valence-electron chi connectivity index (χ2n) is 10.3. The first-order valence-electron chi connectivity index (χ1n) is 14.2. The van der Waals surface area contributed by atoms with Crippen LogP contribution in [0.1, 0.15) is 58.6 Å². The second kappa shape index (κ2) is 13.5. The Hall–Kier alpha value is -3.67. The fourth-order valence-electron chi connectivity index (χ4n) is 4.96. The minimum absolute atomic E-state index is 0.783. The van der Waals surface area contributed by atoms with Crippen LogP contribution in [-0.2, 0) is 12.8 Å². The Morgan fingerprint density at radius 1 is 0.571 bits per heavy atom. The van der Waals surface area contributed by atoms with Gasteiger partial charge in [-0.05, 0) is 105 Å². The van der Waals surface area contributed by atoms with Crippen LogP contribution in [0.15, 0.2) is 122 Å². The van der Waals surface area contributed by atoms with Gasteiger partial charge in [0.25, 0.3) is 0 Å². The van der Waals surface area contributed by atoms with Gasteiger partial charge in [-0.15, -0.1) is 0 Å². The zero-order valence-electron chi connectivity index (χ0n) is 24.3. The van der Waals surface area contributed by atoms with Crippen molar-refractivity contribution in [2.24, 2.45) is 9.98 Å². The topological polar surface area (TPSA) is 37.6 Å². The van der Waals surface area contributed by atoms with Crippen LogP contribution in [-0.4, -0.2) is 16.4 Å². The number of pyridine rings is 1. The summed E-state index contributed by atoms with van der Waals surface area (Å²) in [4.78, 5) is 15.7. The Kier molecular flexibility index (Phi) is 9.61. The Labute approximate surface area is 265 Å². The molecule has 42 heavy (non-hydrogen) atoms. The van der Waals surface area contributed by atoms with Crippen molar-refractivity contribution in [3.63, 3.8) is 0 Å². The van der Waals surface area contributed by atoms with Crippen molar-refractivity contribution in [3.05, 3.63) is 157 Å². The number of hydrogen-bond donors (Lipinski definition) is 0. The molecule has 1 heterocycles. The van der Waals surface area contributed by atoms with Crippen LogP contribution in [0.2, 0.25) is 0 Å². The van der Waals surface area contributed by atoms with E-state index < -0.39 is 0 Å². The number of nitrogens with zero attached hydrogens (tertiary/aromatic N) is 3. The van der Waals surface area contributed by atoms with Crippen LogP contribution >= 0.6 is 31.9 Å². The largest absolute Gasteiger partial charge is 0.245 e. The quantitative estimate of drug-likeness (QED) is 0.151. The Balaban J connectivity index is 1.71. The smallest absolute Gasteiger partial charge is 0.0966 e. The highest BCUT2D eigenvalue weighted by Crippen LogP contribution is 2.34. The van der Waals surface area contributed by atoms with Gasteiger partial charge in [-0.25, -0.2) is 15.0 Å². The maximum atomic E-state index is 5.24. The normalized spacial score (nSPS) is 12.0. The van der Waals surface area contributed by atoms with Crippen molar-refractivity contribution in [3.8, 4) is 0 Å². The number of aromatic nitrogens is 1. The average Bonchev–Trinajstić information content (AvgIpc) is 3.01. The molecule has 0 bridgehead atoms. The number of aryl methyl sites for hydroxylation is 4. The van der Waals surface area contributed by atoms with Gasteiger partial charge in [0.05, 0.1) is 34.2 Å². The SMILES string of the molecule is CCc1cc(C)c(/N=C(\c2ccccc2)c2cccc(/C(=N/c3c(C)cc(CC)cc3Br)c3ccccc3)n2)c(Br)c1. The lowest BCUT2D eigenvalue weighted by Gasteiger charge is -2.14. The summed E-state index contributed by atoms with van der Waals surface area (Å²) in [6.07, 6.45) is 1.94. The summed E-state index contributed by atoms with van der Waals surface area (Å²) in [5.74, 6) is 0. The monoisotopic (exact) mass is 677 g/mol. The third-order valence-electron chi connectivity index (χ3n) is 7.22. The molecule has 0 aliphatic rings. The summed E-state index contributed by atoms with van der Waals surface area (Å²) in [6.45, 7) is 8.55. The molecule has 5 heteroatoms. The van der Waals surface area contributed by atoms with E-state index in [2.05, 4.69) is 108 Å². The molecule has 5 rings (SSSR count). The summed E-state index contributed by atoms with van der Waals surface area (Å²) < 4.78 is 1.96. The molecule has 0 aliphatic carbocycles. The second-order valence-corrected chi connectivity index (χ2v) is 12.0. The predicted octanol–water partition coefficient (Wildman–Crippen LogP) is 10.7. The molecule has 5 aromatic rings. The zero-order chi connectivity index (χ0) is 29.6. The van der Waals surface area contributed by atoms with Gasteiger partial charge in [-0.3, -0.25) is 0 Å². The first kappa shape index (κ1) is 29.8. The summed E-state index contributed by atoms with van der Waals surface area (Å²) in [7, 11) is 0. The molecule has 0 N–H and O–H groups in total. The van der Waals surface area contributed by atoms with E-state index >= 15 is 0 Å². The van der Waals surface area contributed by atoms with Crippen LogP contribution in [0, 0.1) is 13.8 Å². The van der Waals surface area contributed by atoms with Crippen LogP contribution in [0.4, 0.5) is 11.4 Å². The van der Waals surface area contributed by atoms with Gasteiger partial charge in [0.2, 0.25) is 0 Å². The van der Waals surface area contributed by atoms with Crippen LogP contribution in [0.25, 0.3) is 0 Å². The van der Waals surface area contributed by atoms with Gasteiger partial charge in [-0.1, -0.05) is 92.7 Å². The maximum Gasteiger partial charge on any atom is 0.0966 e. The van der Waals surface area contributed by atoms with E-state index in [1.54, 1.807) is 0 Å². The molecule has 4 aromatic carbocycles. The molecular formula is C37H33Br2N3. The fraction of sp³-hybridized carbons (Fsp3) is 0.162. The molecule has 0 unspecified atom stereocenters. The summed E-state index contributed by atoms with van der Waals surface area (Å²) >= 11 is 7.58. The molecule has 0 saturated carbocycles. The molecule has 0 saturated heterocycles. The fourth-order valence-corrected chi connectivity index (χ4v) is 6.35. The summed E-state index contributed by atoms with van der Waals surface area (Å²) in [5.41, 5.74) is 11.8. The summed E-state index contributed by atoms with van der Waals surface area (Å²) in [5, 5.41) is 0. The van der Waals surface area contributed by atoms with Crippen LogP contribution in [0.3, 0.4) is 0 Å². The molecule has 3 nitrogen and oxygen atoms in total. The third-order valence-corrected chi connectivity index (χ3v) is 8.43. The number of benzene rings is 4. The molecule has 210 valence electrons. The number of halogens is 2. The molecule has 1 aromatic heterocycles. The zero-order valence-corrected chi connectivity index (χ0v) is 27.5. The lowest BCUT2D eigenvalue weighted by atomic mass is 10.0. The van der Waals surface area contributed by atoms with Gasteiger partial charge in [-0.2, -0.15) is 0 Å². The van der Waals surface area contributed by atoms with Gasteiger partial charge in [0.15, 0.2) is 0 Å². The van der Waals surface area contributed by atoms with E-state index in [1.807, 2.05) is 54.6 Å². The predicted molar refractivity (Wildman–Crippen MR) is 184 cm³/mol. The molecule has 0 aliphatic heterocycles. The first-order valence-corrected chi connectivity index (χ1v) is 15.8. The van der Waals surface area contributed by atoms with Gasteiger partial charge in [0.1, 0.15) is 0 Å². The van der Waals surface area contributed by atoms with E-state index in [0.717, 1.165) is 78.2 Å². The Bertz CT molecular complexity index is 1600.